The van der Waals surface area contributed by atoms with Gasteiger partial charge in [0.1, 0.15) is 24.0 Å². The molecule has 0 saturated heterocycles. The zero-order valence-corrected chi connectivity index (χ0v) is 24.5. The van der Waals surface area contributed by atoms with E-state index >= 15 is 4.39 Å². The maximum atomic E-state index is 16.0. The molecule has 12 nitrogen and oxygen atoms in total. The zero-order chi connectivity index (χ0) is 31.9. The Labute approximate surface area is 257 Å². The van der Waals surface area contributed by atoms with E-state index in [2.05, 4.69) is 25.4 Å². The van der Waals surface area contributed by atoms with Gasteiger partial charge in [0.2, 0.25) is 0 Å². The predicted octanol–water partition coefficient (Wildman–Crippen LogP) is 3.31. The van der Waals surface area contributed by atoms with Gasteiger partial charge in [-0.2, -0.15) is 0 Å². The van der Waals surface area contributed by atoms with Crippen molar-refractivity contribution >= 4 is 11.7 Å². The third kappa shape index (κ3) is 7.11. The number of rotatable bonds is 11. The van der Waals surface area contributed by atoms with Crippen LogP contribution in [0, 0.1) is 18.2 Å². The third-order valence-electron chi connectivity index (χ3n) is 6.94. The Kier molecular flexibility index (Phi) is 9.39. The molecular weight excluding hydrogens is 581 g/mol. The van der Waals surface area contributed by atoms with E-state index in [-0.39, 0.29) is 48.6 Å². The number of nitrogens with zero attached hydrogens (tertiary/aromatic N) is 4. The van der Waals surface area contributed by atoms with Crippen LogP contribution in [0.3, 0.4) is 0 Å². The molecule has 3 aromatic carbocycles. The molecule has 5 rings (SSSR count). The van der Waals surface area contributed by atoms with E-state index < -0.39 is 23.3 Å². The number of amidine groups is 1. The van der Waals surface area contributed by atoms with Crippen molar-refractivity contribution in [3.05, 3.63) is 129 Å². The quantitative estimate of drug-likeness (QED) is 0.130. The SMILES string of the molecule is COc1cc(OCCO)c(F)c(C(Cc2ccc(C(=N)NC(=O)c3ccc(C)cc3)cc2)c2nn(-c3ncccn3)c(=O)[nH]2)c1. The lowest BCUT2D eigenvalue weighted by atomic mass is 9.90. The van der Waals surface area contributed by atoms with Gasteiger partial charge in [0.25, 0.3) is 11.9 Å². The molecule has 5 aromatic rings. The number of hydrogen-bond acceptors (Lipinski definition) is 9. The van der Waals surface area contributed by atoms with Gasteiger partial charge in [0.05, 0.1) is 19.6 Å². The van der Waals surface area contributed by atoms with Crippen LogP contribution in [-0.2, 0) is 6.42 Å². The van der Waals surface area contributed by atoms with Crippen molar-refractivity contribution in [3.8, 4) is 17.4 Å². The van der Waals surface area contributed by atoms with Crippen LogP contribution in [0.4, 0.5) is 4.39 Å². The fourth-order valence-corrected chi connectivity index (χ4v) is 4.62. The molecule has 0 spiro atoms. The van der Waals surface area contributed by atoms with Crippen molar-refractivity contribution in [1.29, 1.82) is 5.41 Å². The van der Waals surface area contributed by atoms with Gasteiger partial charge in [0.15, 0.2) is 11.6 Å². The van der Waals surface area contributed by atoms with Gasteiger partial charge < -0.3 is 19.9 Å². The zero-order valence-electron chi connectivity index (χ0n) is 24.5. The number of nitrogens with one attached hydrogen (secondary N) is 3. The van der Waals surface area contributed by atoms with Gasteiger partial charge in [-0.05, 0) is 43.2 Å². The van der Waals surface area contributed by atoms with Crippen LogP contribution in [0.2, 0.25) is 0 Å². The molecule has 1 unspecified atom stereocenters. The summed E-state index contributed by atoms with van der Waals surface area (Å²) in [6.45, 7) is 1.46. The summed E-state index contributed by atoms with van der Waals surface area (Å²) < 4.78 is 27.8. The fraction of sp³-hybridized carbons (Fsp3) is 0.188. The topological polar surface area (TPSA) is 168 Å². The van der Waals surface area contributed by atoms with Crippen molar-refractivity contribution < 1.29 is 23.8 Å². The van der Waals surface area contributed by atoms with E-state index in [1.807, 2.05) is 19.1 Å². The van der Waals surface area contributed by atoms with Crippen LogP contribution in [0.5, 0.6) is 11.5 Å². The summed E-state index contributed by atoms with van der Waals surface area (Å²) in [6.07, 6.45) is 3.10. The van der Waals surface area contributed by atoms with Crippen LogP contribution < -0.4 is 20.5 Å². The van der Waals surface area contributed by atoms with Crippen molar-refractivity contribution in [2.75, 3.05) is 20.3 Å². The number of ether oxygens (including phenoxy) is 2. The Morgan fingerprint density at radius 2 is 1.78 bits per heavy atom. The van der Waals surface area contributed by atoms with Crippen molar-refractivity contribution in [3.63, 3.8) is 0 Å². The van der Waals surface area contributed by atoms with Gasteiger partial charge in [0, 0.05) is 35.2 Å². The molecule has 45 heavy (non-hydrogen) atoms. The van der Waals surface area contributed by atoms with E-state index in [1.165, 1.54) is 31.6 Å². The average molecular weight is 612 g/mol. The first kappa shape index (κ1) is 30.8. The van der Waals surface area contributed by atoms with Crippen LogP contribution in [-0.4, -0.2) is 61.9 Å². The summed E-state index contributed by atoms with van der Waals surface area (Å²) in [4.78, 5) is 36.4. The number of aromatic nitrogens is 5. The molecule has 2 heterocycles. The monoisotopic (exact) mass is 611 g/mol. The number of carbonyl (C=O) groups excluding carboxylic acids is 1. The number of aryl methyl sites for hydroxylation is 1. The fourth-order valence-electron chi connectivity index (χ4n) is 4.62. The summed E-state index contributed by atoms with van der Waals surface area (Å²) >= 11 is 0. The molecular formula is C32H30FN7O5. The lowest BCUT2D eigenvalue weighted by molar-refractivity contribution is 0.0977. The Hall–Kier alpha value is -5.69. The van der Waals surface area contributed by atoms with Crippen LogP contribution in [0.15, 0.2) is 83.9 Å². The number of hydrogen-bond donors (Lipinski definition) is 4. The Morgan fingerprint density at radius 3 is 2.44 bits per heavy atom. The number of benzene rings is 3. The number of halogens is 1. The summed E-state index contributed by atoms with van der Waals surface area (Å²) in [5.74, 6) is -1.71. The second kappa shape index (κ2) is 13.7. The molecule has 0 fully saturated rings. The number of aliphatic hydroxyl groups excluding tert-OH is 1. The summed E-state index contributed by atoms with van der Waals surface area (Å²) in [5, 5.41) is 24.6. The molecule has 0 radical (unpaired) electrons. The highest BCUT2D eigenvalue weighted by molar-refractivity contribution is 6.11. The van der Waals surface area contributed by atoms with Crippen molar-refractivity contribution in [2.45, 2.75) is 19.3 Å². The number of H-pyrrole nitrogens is 1. The predicted molar refractivity (Wildman–Crippen MR) is 163 cm³/mol. The molecule has 1 atom stereocenters. The van der Waals surface area contributed by atoms with Crippen molar-refractivity contribution in [1.82, 2.24) is 30.0 Å². The van der Waals surface area contributed by atoms with Crippen LogP contribution in [0.1, 0.15) is 44.4 Å². The molecule has 0 saturated carbocycles. The molecule has 1 amide bonds. The number of carbonyl (C=O) groups is 1. The van der Waals surface area contributed by atoms with Crippen LogP contribution >= 0.6 is 0 Å². The average Bonchev–Trinajstić information content (AvgIpc) is 3.45. The van der Waals surface area contributed by atoms with Gasteiger partial charge in [-0.1, -0.05) is 42.0 Å². The van der Waals surface area contributed by atoms with Gasteiger partial charge >= 0.3 is 5.69 Å². The second-order valence-corrected chi connectivity index (χ2v) is 10.0. The summed E-state index contributed by atoms with van der Waals surface area (Å²) in [5.41, 5.74) is 2.13. The highest BCUT2D eigenvalue weighted by atomic mass is 19.1. The highest BCUT2D eigenvalue weighted by Crippen LogP contribution is 2.36. The molecule has 4 N–H and O–H groups in total. The van der Waals surface area contributed by atoms with Gasteiger partial charge in [-0.25, -0.2) is 19.2 Å². The maximum absolute atomic E-state index is 16.0. The maximum Gasteiger partial charge on any atom is 0.350 e. The number of aromatic amines is 1. The highest BCUT2D eigenvalue weighted by Gasteiger charge is 2.27. The van der Waals surface area contributed by atoms with E-state index in [0.717, 1.165) is 10.2 Å². The van der Waals surface area contributed by atoms with E-state index in [1.54, 1.807) is 42.5 Å². The van der Waals surface area contributed by atoms with Crippen LogP contribution in [0.25, 0.3) is 5.95 Å². The molecule has 0 bridgehead atoms. The first-order chi connectivity index (χ1) is 21.8. The minimum absolute atomic E-state index is 0.0392. The standard InChI is InChI=1S/C32H30FN7O5/c1-19-4-8-22(9-5-19)30(42)37-28(34)21-10-6-20(7-11-21)16-25(24-17-23(44-2)18-26(27(24)33)45-15-14-41)29-38-32(43)40(39-29)31-35-12-3-13-36-31/h3-13,17-18,25,41H,14-16H2,1-2H3,(H2,34,37,42)(H,38,39,43). The first-order valence-electron chi connectivity index (χ1n) is 13.9. The molecule has 230 valence electrons. The van der Waals surface area contributed by atoms with E-state index in [9.17, 15) is 14.7 Å². The molecule has 2 aromatic heterocycles. The molecule has 0 aliphatic heterocycles. The van der Waals surface area contributed by atoms with E-state index in [4.69, 9.17) is 14.9 Å². The number of methoxy groups -OCH3 is 1. The minimum Gasteiger partial charge on any atom is -0.497 e. The second-order valence-electron chi connectivity index (χ2n) is 10.0. The van der Waals surface area contributed by atoms with Gasteiger partial charge in [-0.15, -0.1) is 9.78 Å². The minimum atomic E-state index is -0.846. The van der Waals surface area contributed by atoms with Crippen molar-refractivity contribution in [2.24, 2.45) is 0 Å². The first-order valence-corrected chi connectivity index (χ1v) is 13.9. The number of amides is 1. The normalized spacial score (nSPS) is 11.6. The summed E-state index contributed by atoms with van der Waals surface area (Å²) in [6, 6.07) is 18.3. The largest absolute Gasteiger partial charge is 0.497 e. The molecule has 13 heteroatoms. The molecule has 0 aliphatic carbocycles. The third-order valence-corrected chi connectivity index (χ3v) is 6.94. The summed E-state index contributed by atoms with van der Waals surface area (Å²) in [7, 11) is 1.43. The molecule has 0 aliphatic rings. The number of aliphatic hydroxyl groups is 1. The Bertz CT molecular complexity index is 1860. The lowest BCUT2D eigenvalue weighted by Gasteiger charge is -2.19. The Morgan fingerprint density at radius 1 is 1.09 bits per heavy atom. The lowest BCUT2D eigenvalue weighted by Crippen LogP contribution is -2.30. The van der Waals surface area contributed by atoms with Gasteiger partial charge in [-0.3, -0.25) is 15.2 Å². The Balaban J connectivity index is 1.47. The smallest absolute Gasteiger partial charge is 0.350 e. The van der Waals surface area contributed by atoms with E-state index in [0.29, 0.717) is 22.4 Å².